The summed E-state index contributed by atoms with van der Waals surface area (Å²) in [6.45, 7) is 2.70. The van der Waals surface area contributed by atoms with Gasteiger partial charge < -0.3 is 5.11 Å². The number of likely N-dealkylation sites (tertiary alicyclic amines) is 1. The predicted octanol–water partition coefficient (Wildman–Crippen LogP) is 2.15. The molecule has 0 aromatic carbocycles. The number of aliphatic hydroxyl groups is 1. The lowest BCUT2D eigenvalue weighted by Crippen LogP contribution is -2.31. The topological polar surface area (TPSA) is 23.5 Å². The number of hydrogen-bond donors (Lipinski definition) is 1. The van der Waals surface area contributed by atoms with Crippen LogP contribution in [0, 0.1) is 0 Å². The Morgan fingerprint density at radius 2 is 1.69 bits per heavy atom. The van der Waals surface area contributed by atoms with Crippen molar-refractivity contribution in [2.75, 3.05) is 26.2 Å². The minimum Gasteiger partial charge on any atom is -0.391 e. The molecule has 0 atom stereocenters. The van der Waals surface area contributed by atoms with E-state index < -0.39 is 0 Å². The molecule has 1 N–H and O–H groups in total. The van der Waals surface area contributed by atoms with Gasteiger partial charge in [0.15, 0.2) is 0 Å². The first-order chi connectivity index (χ1) is 6.24. The fourth-order valence-electron chi connectivity index (χ4n) is 1.49. The van der Waals surface area contributed by atoms with Crippen LogP contribution in [0.1, 0.15) is 19.3 Å². The van der Waals surface area contributed by atoms with Gasteiger partial charge in [0.2, 0.25) is 0 Å². The van der Waals surface area contributed by atoms with Crippen molar-refractivity contribution >= 4 is 23.2 Å². The Bertz CT molecular complexity index is 188. The molecular weight excluding hydrogens is 209 g/mol. The van der Waals surface area contributed by atoms with Gasteiger partial charge in [-0.3, -0.25) is 4.90 Å². The molecule has 0 bridgehead atoms. The van der Waals surface area contributed by atoms with Crippen LogP contribution in [0.15, 0.2) is 10.1 Å². The molecule has 76 valence electrons. The average Bonchev–Trinajstić information content (AvgIpc) is 2.18. The van der Waals surface area contributed by atoms with Crippen LogP contribution in [0.4, 0.5) is 0 Å². The summed E-state index contributed by atoms with van der Waals surface area (Å²) in [6.07, 6.45) is 3.79. The number of nitrogens with zero attached hydrogens (tertiary/aromatic N) is 1. The van der Waals surface area contributed by atoms with Crippen LogP contribution >= 0.6 is 23.2 Å². The monoisotopic (exact) mass is 223 g/mol. The number of piperidine rings is 1. The highest BCUT2D eigenvalue weighted by Gasteiger charge is 2.12. The highest BCUT2D eigenvalue weighted by Crippen LogP contribution is 2.17. The molecule has 1 rings (SSSR count). The van der Waals surface area contributed by atoms with Crippen LogP contribution in [-0.2, 0) is 0 Å². The van der Waals surface area contributed by atoms with Gasteiger partial charge in [-0.2, -0.15) is 0 Å². The lowest BCUT2D eigenvalue weighted by Gasteiger charge is -2.26. The molecule has 0 amide bonds. The van der Waals surface area contributed by atoms with E-state index in [2.05, 4.69) is 4.90 Å². The smallest absolute Gasteiger partial charge is 0.0800 e. The molecule has 0 aromatic rings. The van der Waals surface area contributed by atoms with Gasteiger partial charge in [0, 0.05) is 11.6 Å². The maximum absolute atomic E-state index is 8.74. The van der Waals surface area contributed by atoms with E-state index in [1.165, 1.54) is 19.3 Å². The van der Waals surface area contributed by atoms with Crippen LogP contribution in [0.2, 0.25) is 0 Å². The quantitative estimate of drug-likeness (QED) is 0.793. The predicted molar refractivity (Wildman–Crippen MR) is 56.1 cm³/mol. The van der Waals surface area contributed by atoms with E-state index in [9.17, 15) is 0 Å². The molecule has 13 heavy (non-hydrogen) atoms. The van der Waals surface area contributed by atoms with Crippen LogP contribution in [0.5, 0.6) is 0 Å². The van der Waals surface area contributed by atoms with Gasteiger partial charge in [-0.25, -0.2) is 0 Å². The zero-order valence-electron chi connectivity index (χ0n) is 7.60. The zero-order chi connectivity index (χ0) is 9.68. The summed E-state index contributed by atoms with van der Waals surface area (Å²) in [5.41, 5.74) is 0. The first-order valence-corrected chi connectivity index (χ1v) is 5.36. The number of hydrogen-bond acceptors (Lipinski definition) is 2. The molecular formula is C9H15Cl2NO. The van der Waals surface area contributed by atoms with Gasteiger partial charge in [-0.1, -0.05) is 29.6 Å². The second-order valence-electron chi connectivity index (χ2n) is 3.30. The van der Waals surface area contributed by atoms with Crippen molar-refractivity contribution in [3.05, 3.63) is 10.1 Å². The Kier molecular flexibility index (Phi) is 5.10. The van der Waals surface area contributed by atoms with Crippen molar-refractivity contribution in [3.8, 4) is 0 Å². The van der Waals surface area contributed by atoms with Crippen molar-refractivity contribution in [1.82, 2.24) is 4.90 Å². The van der Waals surface area contributed by atoms with Crippen LogP contribution in [0.25, 0.3) is 0 Å². The largest absolute Gasteiger partial charge is 0.391 e. The van der Waals surface area contributed by atoms with E-state index in [1.807, 2.05) is 0 Å². The molecule has 0 aliphatic carbocycles. The third-order valence-corrected chi connectivity index (χ3v) is 3.04. The fourth-order valence-corrected chi connectivity index (χ4v) is 1.77. The van der Waals surface area contributed by atoms with Gasteiger partial charge in [-0.15, -0.1) is 0 Å². The number of aliphatic hydroxyl groups excluding tert-OH is 1. The van der Waals surface area contributed by atoms with E-state index in [0.717, 1.165) is 13.1 Å². The van der Waals surface area contributed by atoms with E-state index in [-0.39, 0.29) is 6.61 Å². The maximum atomic E-state index is 8.74. The van der Waals surface area contributed by atoms with E-state index >= 15 is 0 Å². The third-order valence-electron chi connectivity index (χ3n) is 2.24. The summed E-state index contributed by atoms with van der Waals surface area (Å²) in [4.78, 5) is 2.27. The van der Waals surface area contributed by atoms with Gasteiger partial charge in [0.1, 0.15) is 0 Å². The highest BCUT2D eigenvalue weighted by molar-refractivity contribution is 6.39. The normalized spacial score (nSPS) is 21.5. The summed E-state index contributed by atoms with van der Waals surface area (Å²) in [6, 6.07) is 0. The molecule has 4 heteroatoms. The summed E-state index contributed by atoms with van der Waals surface area (Å²) >= 11 is 11.6. The lowest BCUT2D eigenvalue weighted by molar-refractivity contribution is 0.248. The standard InChI is InChI=1S/C9H15Cl2NO/c10-8(9(11)7-13)6-12-4-2-1-3-5-12/h13H,1-7H2/b9-8+. The Morgan fingerprint density at radius 3 is 2.23 bits per heavy atom. The molecule has 1 aliphatic heterocycles. The highest BCUT2D eigenvalue weighted by atomic mass is 35.5. The van der Waals surface area contributed by atoms with Gasteiger partial charge in [0.25, 0.3) is 0 Å². The molecule has 0 spiro atoms. The SMILES string of the molecule is OC/C(Cl)=C(\Cl)CN1CCCCC1. The molecule has 0 unspecified atom stereocenters. The van der Waals surface area contributed by atoms with Crippen molar-refractivity contribution in [1.29, 1.82) is 0 Å². The first-order valence-electron chi connectivity index (χ1n) is 4.60. The second kappa shape index (κ2) is 5.86. The van der Waals surface area contributed by atoms with Gasteiger partial charge in [0.05, 0.1) is 11.6 Å². The lowest BCUT2D eigenvalue weighted by atomic mass is 10.1. The molecule has 2 nitrogen and oxygen atoms in total. The van der Waals surface area contributed by atoms with Crippen molar-refractivity contribution in [2.45, 2.75) is 19.3 Å². The molecule has 1 aliphatic rings. The first kappa shape index (κ1) is 11.3. The Labute approximate surface area is 89.1 Å². The fraction of sp³-hybridized carbons (Fsp3) is 0.778. The van der Waals surface area contributed by atoms with Crippen molar-refractivity contribution < 1.29 is 5.11 Å². The minimum absolute atomic E-state index is 0.159. The third kappa shape index (κ3) is 3.86. The summed E-state index contributed by atoms with van der Waals surface area (Å²) in [7, 11) is 0. The van der Waals surface area contributed by atoms with Crippen LogP contribution in [-0.4, -0.2) is 36.2 Å². The van der Waals surface area contributed by atoms with Gasteiger partial charge in [-0.05, 0) is 25.9 Å². The number of halogens is 2. The number of rotatable bonds is 3. The molecule has 0 saturated carbocycles. The van der Waals surface area contributed by atoms with Crippen molar-refractivity contribution in [2.24, 2.45) is 0 Å². The minimum atomic E-state index is -0.159. The van der Waals surface area contributed by atoms with Crippen molar-refractivity contribution in [3.63, 3.8) is 0 Å². The molecule has 1 heterocycles. The van der Waals surface area contributed by atoms with E-state index in [0.29, 0.717) is 16.6 Å². The summed E-state index contributed by atoms with van der Waals surface area (Å²) < 4.78 is 0. The van der Waals surface area contributed by atoms with E-state index in [4.69, 9.17) is 28.3 Å². The average molecular weight is 224 g/mol. The van der Waals surface area contributed by atoms with Crippen LogP contribution < -0.4 is 0 Å². The Morgan fingerprint density at radius 1 is 1.08 bits per heavy atom. The van der Waals surface area contributed by atoms with Crippen LogP contribution in [0.3, 0.4) is 0 Å². The summed E-state index contributed by atoms with van der Waals surface area (Å²) in [5.74, 6) is 0. The second-order valence-corrected chi connectivity index (χ2v) is 4.22. The molecule has 0 aromatic heterocycles. The summed E-state index contributed by atoms with van der Waals surface area (Å²) in [5, 5.41) is 9.68. The zero-order valence-corrected chi connectivity index (χ0v) is 9.11. The molecule has 1 saturated heterocycles. The van der Waals surface area contributed by atoms with E-state index in [1.54, 1.807) is 0 Å². The molecule has 1 fully saturated rings. The Hall–Kier alpha value is 0.240. The molecule has 0 radical (unpaired) electrons. The van der Waals surface area contributed by atoms with Gasteiger partial charge >= 0.3 is 0 Å². The Balaban J connectivity index is 2.38. The maximum Gasteiger partial charge on any atom is 0.0800 e.